The van der Waals surface area contributed by atoms with Crippen LogP contribution in [0.25, 0.3) is 11.2 Å². The van der Waals surface area contributed by atoms with E-state index >= 15 is 0 Å². The number of ether oxygens (including phenoxy) is 2. The maximum absolute atomic E-state index is 13.4. The third-order valence-corrected chi connectivity index (χ3v) is 11.5. The van der Waals surface area contributed by atoms with Gasteiger partial charge in [-0.2, -0.15) is 4.98 Å². The van der Waals surface area contributed by atoms with Crippen LogP contribution in [0, 0.1) is 5.92 Å². The molecular weight excluding hydrogens is 768 g/mol. The molecule has 0 spiro atoms. The fourth-order valence-corrected chi connectivity index (χ4v) is 8.89. The predicted molar refractivity (Wildman–Crippen MR) is 193 cm³/mol. The summed E-state index contributed by atoms with van der Waals surface area (Å²) in [5.74, 6) is -1.25. The Bertz CT molecular complexity index is 2140. The van der Waals surface area contributed by atoms with Crippen LogP contribution in [0.3, 0.4) is 0 Å². The Kier molecular flexibility index (Phi) is 11.6. The van der Waals surface area contributed by atoms with E-state index in [0.717, 1.165) is 0 Å². The summed E-state index contributed by atoms with van der Waals surface area (Å²) < 4.78 is 63.4. The van der Waals surface area contributed by atoms with Crippen molar-refractivity contribution in [1.82, 2.24) is 34.8 Å². The van der Waals surface area contributed by atoms with Gasteiger partial charge in [0.15, 0.2) is 17.4 Å². The van der Waals surface area contributed by atoms with E-state index in [4.69, 9.17) is 33.3 Å². The molecule has 1 aliphatic carbocycles. The molecule has 2 bridgehead atoms. The smallest absolute Gasteiger partial charge is 0.386 e. The van der Waals surface area contributed by atoms with Crippen molar-refractivity contribution in [1.29, 1.82) is 0 Å². The number of fused-ring (bicyclic) bond motifs is 4. The monoisotopic (exact) mass is 805 g/mol. The minimum absolute atomic E-state index is 0.0140. The summed E-state index contributed by atoms with van der Waals surface area (Å²) in [4.78, 5) is 57.7. The maximum Gasteiger partial charge on any atom is 0.386 e. The number of aromatic nitrogens is 6. The molecule has 2 amide bonds. The van der Waals surface area contributed by atoms with Crippen molar-refractivity contribution in [3.63, 3.8) is 0 Å². The molecule has 54 heavy (non-hydrogen) atoms. The minimum Gasteiger partial charge on any atom is -0.474 e. The number of carbonyl (C=O) groups excluding carboxylic acids is 2. The van der Waals surface area contributed by atoms with Gasteiger partial charge in [0.05, 0.1) is 37.8 Å². The number of carbonyl (C=O) groups is 2. The molecule has 0 radical (unpaired) electrons. The molecule has 4 aromatic rings. The van der Waals surface area contributed by atoms with E-state index in [1.54, 1.807) is 36.5 Å². The fraction of sp³-hybridized carbons (Fsp3) is 0.452. The van der Waals surface area contributed by atoms with E-state index < -0.39 is 68.9 Å². The Morgan fingerprint density at radius 2 is 2.02 bits per heavy atom. The summed E-state index contributed by atoms with van der Waals surface area (Å²) in [6.45, 7) is -2.67. The van der Waals surface area contributed by atoms with Gasteiger partial charge in [-0.1, -0.05) is 30.4 Å². The second-order valence-electron chi connectivity index (χ2n) is 12.9. The lowest BCUT2D eigenvalue weighted by Crippen LogP contribution is -2.38. The molecule has 1 aromatic carbocycles. The number of aromatic amines is 1. The Labute approximate surface area is 312 Å². The van der Waals surface area contributed by atoms with Gasteiger partial charge < -0.3 is 29.6 Å². The zero-order valence-corrected chi connectivity index (χ0v) is 31.4. The summed E-state index contributed by atoms with van der Waals surface area (Å²) in [6.07, 6.45) is 1.26. The van der Waals surface area contributed by atoms with Crippen LogP contribution in [0.1, 0.15) is 48.3 Å². The summed E-state index contributed by atoms with van der Waals surface area (Å²) in [6, 6.07) is 7.44. The van der Waals surface area contributed by atoms with Crippen LogP contribution in [-0.4, -0.2) is 85.0 Å². The summed E-state index contributed by atoms with van der Waals surface area (Å²) >= 11 is 4.21. The van der Waals surface area contributed by atoms with Crippen molar-refractivity contribution in [3.8, 4) is 5.88 Å². The van der Waals surface area contributed by atoms with Crippen LogP contribution < -0.4 is 26.7 Å². The maximum atomic E-state index is 13.4. The molecule has 1 saturated carbocycles. The third-order valence-electron chi connectivity index (χ3n) is 9.00. The third kappa shape index (κ3) is 8.91. The summed E-state index contributed by atoms with van der Waals surface area (Å²) in [7, 11) is -3.15. The molecule has 23 heteroatoms. The van der Waals surface area contributed by atoms with Gasteiger partial charge in [0.25, 0.3) is 11.5 Å². The number of nitrogens with zero attached hydrogens (tertiary/aromatic N) is 5. The van der Waals surface area contributed by atoms with Crippen LogP contribution in [-0.2, 0) is 43.3 Å². The van der Waals surface area contributed by atoms with Gasteiger partial charge >= 0.3 is 15.1 Å². The van der Waals surface area contributed by atoms with E-state index in [9.17, 15) is 23.5 Å². The number of anilines is 1. The zero-order chi connectivity index (χ0) is 38.0. The average molecular weight is 806 g/mol. The number of H-pyrrole nitrogens is 1. The van der Waals surface area contributed by atoms with E-state index in [1.165, 1.54) is 24.1 Å². The van der Waals surface area contributed by atoms with Crippen LogP contribution >= 0.6 is 27.3 Å². The number of amides is 2. The Balaban J connectivity index is 1.09. The molecule has 2 aliphatic heterocycles. The van der Waals surface area contributed by atoms with Crippen molar-refractivity contribution in [2.75, 3.05) is 18.5 Å². The van der Waals surface area contributed by atoms with Gasteiger partial charge in [-0.3, -0.25) is 42.9 Å². The summed E-state index contributed by atoms with van der Waals surface area (Å²) in [5, 5.41) is 5.26. The highest BCUT2D eigenvalue weighted by atomic mass is 32.7. The second kappa shape index (κ2) is 16.4. The second-order valence-corrected chi connectivity index (χ2v) is 16.8. The van der Waals surface area contributed by atoms with E-state index in [0.29, 0.717) is 24.3 Å². The number of nitrogens with one attached hydrogen (secondary N) is 3. The van der Waals surface area contributed by atoms with Crippen LogP contribution in [0.15, 0.2) is 54.0 Å². The quantitative estimate of drug-likeness (QED) is 0.127. The largest absolute Gasteiger partial charge is 0.474 e. The van der Waals surface area contributed by atoms with Gasteiger partial charge in [-0.25, -0.2) is 19.5 Å². The van der Waals surface area contributed by atoms with Gasteiger partial charge in [0.2, 0.25) is 17.7 Å². The first-order chi connectivity index (χ1) is 25.9. The number of thiol groups is 1. The van der Waals surface area contributed by atoms with Crippen molar-refractivity contribution in [2.45, 2.75) is 69.4 Å². The average Bonchev–Trinajstić information content (AvgIpc) is 3.85. The zero-order valence-electron chi connectivity index (χ0n) is 28.6. The number of nitrogens with two attached hydrogens (primary N) is 1. The Morgan fingerprint density at radius 3 is 2.81 bits per heavy atom. The summed E-state index contributed by atoms with van der Waals surface area (Å²) in [5.41, 5.74) is 5.62. The number of imidazole rings is 1. The first kappa shape index (κ1) is 38.2. The van der Waals surface area contributed by atoms with Crippen molar-refractivity contribution in [3.05, 3.63) is 70.7 Å². The Hall–Kier alpha value is -4.04. The van der Waals surface area contributed by atoms with Crippen molar-refractivity contribution >= 4 is 56.2 Å². The van der Waals surface area contributed by atoms with Gasteiger partial charge in [-0.15, -0.1) is 0 Å². The highest BCUT2D eigenvalue weighted by molar-refractivity contribution is 8.44. The number of hydrogen-bond donors (Lipinski definition) is 5. The SMILES string of the molecule is C[C@H](N)C(=O)NCc1ccccc1C(=O)Nc1nc2c(ncn2[C@@H]2O[C@@H]3CO[P@@](=O)(S)O[C@H]4C[C@H](Oc5ccncn5)C[C@@H]4CO[PH](=O)O[C@@H]2C3)c(=O)[nH]1. The highest BCUT2D eigenvalue weighted by Crippen LogP contribution is 2.57. The molecule has 3 fully saturated rings. The molecule has 20 nitrogen and oxygen atoms in total. The standard InChI is InChI=1S/C31H37N9O11P2S/c1-16(32)27(41)34-11-17-4-2-3-5-21(17)28(42)38-31-37-26-25(29(43)39-31)36-15-40(26)30-23-10-20(49-30)13-47-53(45,54)51-22-9-19(48-24-6-7-33-14-35-24)8-18(22)12-46-52(44)50-23/h2-7,14-16,18-20,22-23,30,52H,8-13,32H2,1H3,(H,34,41)(H,45,54)(H2,37,38,39,42,43)/t16-,18+,19+,20-,22-,23+,30+,53+/m0/s1. The first-order valence-electron chi connectivity index (χ1n) is 16.9. The number of benzene rings is 1. The van der Waals surface area contributed by atoms with Crippen LogP contribution in [0.5, 0.6) is 5.88 Å². The van der Waals surface area contributed by atoms with Crippen molar-refractivity contribution < 1.29 is 46.3 Å². The number of rotatable bonds is 8. The van der Waals surface area contributed by atoms with E-state index in [1.807, 2.05) is 0 Å². The van der Waals surface area contributed by atoms with E-state index in [-0.39, 0.29) is 55.0 Å². The molecule has 5 N–H and O–H groups in total. The first-order valence-corrected chi connectivity index (χ1v) is 20.8. The number of hydrogen-bond acceptors (Lipinski definition) is 16. The molecule has 2 saturated heterocycles. The molecule has 5 heterocycles. The lowest BCUT2D eigenvalue weighted by molar-refractivity contribution is -0.122. The minimum atomic E-state index is -3.94. The lowest BCUT2D eigenvalue weighted by atomic mass is 10.1. The Morgan fingerprint density at radius 1 is 1.19 bits per heavy atom. The highest BCUT2D eigenvalue weighted by Gasteiger charge is 2.44. The van der Waals surface area contributed by atoms with Crippen LogP contribution in [0.2, 0.25) is 0 Å². The van der Waals surface area contributed by atoms with Gasteiger partial charge in [-0.05, 0) is 25.0 Å². The van der Waals surface area contributed by atoms with Gasteiger partial charge in [0.1, 0.15) is 18.5 Å². The topological polar surface area (TPSA) is 263 Å². The van der Waals surface area contributed by atoms with Crippen molar-refractivity contribution in [2.24, 2.45) is 11.7 Å². The van der Waals surface area contributed by atoms with Gasteiger partial charge in [0, 0.05) is 43.1 Å². The fourth-order valence-electron chi connectivity index (χ4n) is 6.43. The molecule has 9 atom stereocenters. The van der Waals surface area contributed by atoms with Crippen LogP contribution in [0.4, 0.5) is 5.95 Å². The molecule has 3 aliphatic rings. The molecular formula is C31H37N9O11P2S. The molecule has 3 aromatic heterocycles. The predicted octanol–water partition coefficient (Wildman–Crippen LogP) is 2.52. The molecule has 288 valence electrons. The lowest BCUT2D eigenvalue weighted by Gasteiger charge is -2.24. The molecule has 1 unspecified atom stereocenters. The van der Waals surface area contributed by atoms with E-state index in [2.05, 4.69) is 47.8 Å². The molecule has 7 rings (SSSR count). The normalized spacial score (nSPS) is 29.3.